The monoisotopic (exact) mass is 509 g/mol. The first-order valence-corrected chi connectivity index (χ1v) is 12.8. The highest BCUT2D eigenvalue weighted by Crippen LogP contribution is 2.31. The molecule has 0 aromatic heterocycles. The molecule has 0 aliphatic carbocycles. The van der Waals surface area contributed by atoms with Gasteiger partial charge in [0.1, 0.15) is 17.7 Å². The molecule has 37 heavy (non-hydrogen) atoms. The predicted octanol–water partition coefficient (Wildman–Crippen LogP) is 5.53. The van der Waals surface area contributed by atoms with Crippen LogP contribution in [0.2, 0.25) is 0 Å². The molecule has 2 unspecified atom stereocenters. The van der Waals surface area contributed by atoms with Gasteiger partial charge in [-0.3, -0.25) is 9.59 Å². The molecule has 0 fully saturated rings. The van der Waals surface area contributed by atoms with Crippen molar-refractivity contribution in [3.63, 3.8) is 0 Å². The Bertz CT molecular complexity index is 1070. The molecule has 202 valence electrons. The van der Waals surface area contributed by atoms with Gasteiger partial charge < -0.3 is 20.3 Å². The van der Waals surface area contributed by atoms with E-state index in [0.29, 0.717) is 12.1 Å². The van der Waals surface area contributed by atoms with E-state index in [4.69, 9.17) is 4.74 Å². The molecular weight excluding hydrogens is 466 g/mol. The maximum atomic E-state index is 14.2. The van der Waals surface area contributed by atoms with Crippen LogP contribution in [0.25, 0.3) is 0 Å². The average molecular weight is 510 g/mol. The third-order valence-electron chi connectivity index (χ3n) is 5.74. The first-order valence-electron chi connectivity index (χ1n) is 12.8. The minimum atomic E-state index is -0.905. The summed E-state index contributed by atoms with van der Waals surface area (Å²) < 4.78 is 5.43. The Balaban J connectivity index is 2.50. The third kappa shape index (κ3) is 8.92. The van der Waals surface area contributed by atoms with Crippen LogP contribution in [-0.2, 0) is 20.9 Å². The first kappa shape index (κ1) is 29.9. The minimum absolute atomic E-state index is 0.240. The summed E-state index contributed by atoms with van der Waals surface area (Å²) in [5.41, 5.74) is 1.19. The average Bonchev–Trinajstić information content (AvgIpc) is 2.77. The number of alkyl carbamates (subject to hydrolysis) is 1. The molecule has 0 saturated carbocycles. The fourth-order valence-electron chi connectivity index (χ4n) is 4.08. The van der Waals surface area contributed by atoms with Crippen molar-refractivity contribution >= 4 is 17.9 Å². The summed E-state index contributed by atoms with van der Waals surface area (Å²) >= 11 is 0. The van der Waals surface area contributed by atoms with Gasteiger partial charge in [-0.05, 0) is 65.5 Å². The molecule has 0 radical (unpaired) electrons. The highest BCUT2D eigenvalue weighted by molar-refractivity contribution is 5.92. The molecule has 0 heterocycles. The van der Waals surface area contributed by atoms with Gasteiger partial charge in [-0.1, -0.05) is 74.0 Å². The minimum Gasteiger partial charge on any atom is -0.444 e. The van der Waals surface area contributed by atoms with E-state index in [1.54, 1.807) is 25.7 Å². The van der Waals surface area contributed by atoms with Gasteiger partial charge in [0.15, 0.2) is 0 Å². The Morgan fingerprint density at radius 1 is 0.919 bits per heavy atom. The summed E-state index contributed by atoms with van der Waals surface area (Å²) in [6.07, 6.45) is -0.672. The van der Waals surface area contributed by atoms with Gasteiger partial charge in [0, 0.05) is 12.1 Å². The molecular formula is C30H43N3O4. The number of ether oxygens (including phenoxy) is 1. The number of aryl methyl sites for hydroxylation is 1. The molecule has 0 aliphatic rings. The fraction of sp³-hybridized carbons (Fsp3) is 0.500. The molecule has 2 N–H and O–H groups in total. The Morgan fingerprint density at radius 3 is 2.05 bits per heavy atom. The number of rotatable bonds is 8. The predicted molar refractivity (Wildman–Crippen MR) is 147 cm³/mol. The Morgan fingerprint density at radius 2 is 1.54 bits per heavy atom. The normalized spacial score (nSPS) is 13.5. The van der Waals surface area contributed by atoms with E-state index in [2.05, 4.69) is 10.6 Å². The maximum absolute atomic E-state index is 14.2. The second-order valence-electron chi connectivity index (χ2n) is 11.8. The first-order chi connectivity index (χ1) is 17.1. The SMILES string of the molecule is Cc1cccc(C(C(=O)NCc2ccccc2)N(C(=O)C(NC(=O)OC(C)(C)C)C(C)C)C(C)(C)C)c1. The van der Waals surface area contributed by atoms with E-state index >= 15 is 0 Å². The second kappa shape index (κ2) is 12.3. The Labute approximate surface area is 222 Å². The van der Waals surface area contributed by atoms with Gasteiger partial charge >= 0.3 is 6.09 Å². The van der Waals surface area contributed by atoms with Gasteiger partial charge in [0.2, 0.25) is 11.8 Å². The van der Waals surface area contributed by atoms with Gasteiger partial charge in [-0.25, -0.2) is 4.79 Å². The number of carbonyl (C=O) groups is 3. The van der Waals surface area contributed by atoms with Crippen LogP contribution in [0, 0.1) is 12.8 Å². The van der Waals surface area contributed by atoms with Crippen molar-refractivity contribution in [2.24, 2.45) is 5.92 Å². The van der Waals surface area contributed by atoms with Crippen molar-refractivity contribution < 1.29 is 19.1 Å². The van der Waals surface area contributed by atoms with Crippen LogP contribution in [0.3, 0.4) is 0 Å². The smallest absolute Gasteiger partial charge is 0.408 e. The summed E-state index contributed by atoms with van der Waals surface area (Å²) in [6, 6.07) is 15.5. The van der Waals surface area contributed by atoms with Crippen molar-refractivity contribution in [2.75, 3.05) is 0 Å². The molecule has 7 heteroatoms. The Kier molecular flexibility index (Phi) is 9.90. The number of hydrogen-bond acceptors (Lipinski definition) is 4. The lowest BCUT2D eigenvalue weighted by Crippen LogP contribution is -2.59. The van der Waals surface area contributed by atoms with E-state index in [0.717, 1.165) is 11.1 Å². The van der Waals surface area contributed by atoms with Gasteiger partial charge in [-0.15, -0.1) is 0 Å². The van der Waals surface area contributed by atoms with Crippen molar-refractivity contribution in [1.29, 1.82) is 0 Å². The van der Waals surface area contributed by atoms with Crippen LogP contribution in [0.4, 0.5) is 4.79 Å². The number of amides is 3. The maximum Gasteiger partial charge on any atom is 0.408 e. The standard InChI is InChI=1S/C30H43N3O4/c1-20(2)24(32-28(36)37-30(7,8)9)27(35)33(29(4,5)6)25(23-17-13-14-21(3)18-23)26(34)31-19-22-15-11-10-12-16-22/h10-18,20,24-25H,19H2,1-9H3,(H,31,34)(H,32,36). The molecule has 2 rings (SSSR count). The van der Waals surface area contributed by atoms with E-state index in [1.807, 2.05) is 96.1 Å². The van der Waals surface area contributed by atoms with Gasteiger partial charge in [0.05, 0.1) is 0 Å². The third-order valence-corrected chi connectivity index (χ3v) is 5.74. The molecule has 2 aromatic rings. The van der Waals surface area contributed by atoms with E-state index in [9.17, 15) is 14.4 Å². The van der Waals surface area contributed by atoms with Crippen LogP contribution in [-0.4, -0.2) is 40.0 Å². The lowest BCUT2D eigenvalue weighted by atomic mass is 9.92. The van der Waals surface area contributed by atoms with E-state index in [-0.39, 0.29) is 17.7 Å². The zero-order valence-corrected chi connectivity index (χ0v) is 23.7. The van der Waals surface area contributed by atoms with E-state index in [1.165, 1.54) is 0 Å². The topological polar surface area (TPSA) is 87.7 Å². The summed E-state index contributed by atoms with van der Waals surface area (Å²) in [6.45, 7) is 17.0. The van der Waals surface area contributed by atoms with Crippen LogP contribution < -0.4 is 10.6 Å². The number of nitrogens with zero attached hydrogens (tertiary/aromatic N) is 1. The molecule has 0 saturated heterocycles. The van der Waals surface area contributed by atoms with E-state index < -0.39 is 29.3 Å². The van der Waals surface area contributed by atoms with Crippen molar-refractivity contribution in [1.82, 2.24) is 15.5 Å². The Hall–Kier alpha value is -3.35. The van der Waals surface area contributed by atoms with Crippen LogP contribution in [0.5, 0.6) is 0 Å². The fourth-order valence-corrected chi connectivity index (χ4v) is 4.08. The zero-order valence-electron chi connectivity index (χ0n) is 23.7. The molecule has 2 atom stereocenters. The molecule has 0 bridgehead atoms. The number of hydrogen-bond donors (Lipinski definition) is 2. The quantitative estimate of drug-likeness (QED) is 0.490. The zero-order chi connectivity index (χ0) is 28.0. The van der Waals surface area contributed by atoms with Gasteiger partial charge in [-0.2, -0.15) is 0 Å². The highest BCUT2D eigenvalue weighted by Gasteiger charge is 2.42. The number of benzene rings is 2. The molecule has 0 aliphatic heterocycles. The largest absolute Gasteiger partial charge is 0.444 e. The number of carbonyl (C=O) groups excluding carboxylic acids is 3. The lowest BCUT2D eigenvalue weighted by Gasteiger charge is -2.43. The van der Waals surface area contributed by atoms with Crippen molar-refractivity contribution in [2.45, 2.75) is 92.1 Å². The van der Waals surface area contributed by atoms with Crippen LogP contribution in [0.15, 0.2) is 54.6 Å². The lowest BCUT2D eigenvalue weighted by molar-refractivity contribution is -0.149. The van der Waals surface area contributed by atoms with Crippen molar-refractivity contribution in [3.05, 3.63) is 71.3 Å². The summed E-state index contributed by atoms with van der Waals surface area (Å²) in [7, 11) is 0. The summed E-state index contributed by atoms with van der Waals surface area (Å²) in [5, 5.41) is 5.78. The van der Waals surface area contributed by atoms with Crippen LogP contribution in [0.1, 0.15) is 78.1 Å². The van der Waals surface area contributed by atoms with Gasteiger partial charge in [0.25, 0.3) is 0 Å². The highest BCUT2D eigenvalue weighted by atomic mass is 16.6. The molecule has 7 nitrogen and oxygen atoms in total. The van der Waals surface area contributed by atoms with Crippen molar-refractivity contribution in [3.8, 4) is 0 Å². The second-order valence-corrected chi connectivity index (χ2v) is 11.8. The molecule has 2 aromatic carbocycles. The molecule has 0 spiro atoms. The molecule has 3 amide bonds. The number of nitrogens with one attached hydrogen (secondary N) is 2. The summed E-state index contributed by atoms with van der Waals surface area (Å²) in [4.78, 5) is 42.2. The summed E-state index contributed by atoms with van der Waals surface area (Å²) in [5.74, 6) is -0.886. The van der Waals surface area contributed by atoms with Crippen LogP contribution >= 0.6 is 0 Å².